The van der Waals surface area contributed by atoms with Gasteiger partial charge >= 0.3 is 0 Å². The lowest BCUT2D eigenvalue weighted by molar-refractivity contribution is 0.0711. The van der Waals surface area contributed by atoms with Crippen LogP contribution in [-0.4, -0.2) is 43.6 Å². The highest BCUT2D eigenvalue weighted by Crippen LogP contribution is 2.31. The van der Waals surface area contributed by atoms with Crippen LogP contribution < -0.4 is 0 Å². The first kappa shape index (κ1) is 20.6. The van der Waals surface area contributed by atoms with Crippen LogP contribution in [0.3, 0.4) is 0 Å². The summed E-state index contributed by atoms with van der Waals surface area (Å²) in [5.41, 5.74) is 4.96. The van der Waals surface area contributed by atoms with Crippen molar-refractivity contribution in [3.05, 3.63) is 83.9 Å². The van der Waals surface area contributed by atoms with Crippen molar-refractivity contribution in [2.75, 3.05) is 13.1 Å². The minimum absolute atomic E-state index is 0.0264. The van der Waals surface area contributed by atoms with Gasteiger partial charge in [-0.15, -0.1) is 0 Å². The van der Waals surface area contributed by atoms with E-state index in [0.717, 1.165) is 46.2 Å². The van der Waals surface area contributed by atoms with Crippen LogP contribution in [0.1, 0.15) is 34.9 Å². The van der Waals surface area contributed by atoms with Crippen LogP contribution >= 0.6 is 0 Å². The molecule has 1 fully saturated rings. The Morgan fingerprint density at radius 2 is 1.85 bits per heavy atom. The zero-order valence-corrected chi connectivity index (χ0v) is 18.8. The highest BCUT2D eigenvalue weighted by Gasteiger charge is 2.27. The van der Waals surface area contributed by atoms with Gasteiger partial charge in [-0.05, 0) is 55.3 Å². The molecule has 0 atom stereocenters. The number of imidazole rings is 1. The molecular formula is C27H24FN5O. The summed E-state index contributed by atoms with van der Waals surface area (Å²) in [4.78, 5) is 23.4. The second kappa shape index (κ2) is 8.09. The molecule has 1 aliphatic heterocycles. The normalized spacial score (nSPS) is 14.8. The first-order chi connectivity index (χ1) is 16.6. The molecule has 0 bridgehead atoms. The zero-order valence-electron chi connectivity index (χ0n) is 18.8. The van der Waals surface area contributed by atoms with E-state index in [0.29, 0.717) is 30.3 Å². The summed E-state index contributed by atoms with van der Waals surface area (Å²) in [6.07, 6.45) is 1.76. The number of likely N-dealkylation sites (tertiary alicyclic amines) is 1. The Balaban J connectivity index is 1.21. The Bertz CT molecular complexity index is 1490. The fraction of sp³-hybridized carbons (Fsp3) is 0.222. The number of aryl methyl sites for hydroxylation is 1. The standard InChI is InChI=1S/C27H24FN5O/c1-32-24-16-19(9-10-21(24)25(31-32)18-5-4-6-20(28)15-18)27(34)33-13-11-17(12-14-33)26-29-22-7-2-3-8-23(22)30-26/h2-10,15-17H,11-14H2,1H3,(H,29,30). The molecule has 0 unspecified atom stereocenters. The van der Waals surface area contributed by atoms with Crippen molar-refractivity contribution < 1.29 is 9.18 Å². The number of aromatic nitrogens is 4. The van der Waals surface area contributed by atoms with Crippen molar-refractivity contribution in [1.29, 1.82) is 0 Å². The number of nitrogens with one attached hydrogen (secondary N) is 1. The number of H-pyrrole nitrogens is 1. The quantitative estimate of drug-likeness (QED) is 0.404. The number of carbonyl (C=O) groups excluding carboxylic acids is 1. The number of piperidine rings is 1. The largest absolute Gasteiger partial charge is 0.342 e. The number of nitrogens with zero attached hydrogens (tertiary/aromatic N) is 4. The summed E-state index contributed by atoms with van der Waals surface area (Å²) in [7, 11) is 1.85. The molecule has 1 aliphatic rings. The van der Waals surface area contributed by atoms with Crippen molar-refractivity contribution in [2.45, 2.75) is 18.8 Å². The molecule has 1 saturated heterocycles. The Morgan fingerprint density at radius 1 is 1.03 bits per heavy atom. The Labute approximate surface area is 196 Å². The van der Waals surface area contributed by atoms with Crippen LogP contribution in [-0.2, 0) is 7.05 Å². The van der Waals surface area contributed by atoms with Gasteiger partial charge in [0, 0.05) is 42.6 Å². The van der Waals surface area contributed by atoms with Crippen molar-refractivity contribution in [1.82, 2.24) is 24.6 Å². The van der Waals surface area contributed by atoms with Crippen LogP contribution in [0.4, 0.5) is 4.39 Å². The van der Waals surface area contributed by atoms with E-state index in [1.54, 1.807) is 10.7 Å². The monoisotopic (exact) mass is 453 g/mol. The number of hydrogen-bond acceptors (Lipinski definition) is 3. The predicted molar refractivity (Wildman–Crippen MR) is 130 cm³/mol. The molecule has 170 valence electrons. The SMILES string of the molecule is Cn1nc(-c2cccc(F)c2)c2ccc(C(=O)N3CCC(c4nc5ccccc5[nH]4)CC3)cc21. The minimum Gasteiger partial charge on any atom is -0.342 e. The molecule has 2 aromatic heterocycles. The first-order valence-corrected chi connectivity index (χ1v) is 11.5. The lowest BCUT2D eigenvalue weighted by Crippen LogP contribution is -2.38. The molecule has 6 rings (SSSR count). The Kier molecular flexibility index (Phi) is 4.90. The molecule has 34 heavy (non-hydrogen) atoms. The zero-order chi connectivity index (χ0) is 23.2. The van der Waals surface area contributed by atoms with E-state index >= 15 is 0 Å². The summed E-state index contributed by atoms with van der Waals surface area (Å²) in [5.74, 6) is 1.06. The van der Waals surface area contributed by atoms with Crippen LogP contribution in [0.25, 0.3) is 33.2 Å². The van der Waals surface area contributed by atoms with Crippen molar-refractivity contribution >= 4 is 27.8 Å². The molecule has 0 radical (unpaired) electrons. The predicted octanol–water partition coefficient (Wildman–Crippen LogP) is 5.28. The van der Waals surface area contributed by atoms with E-state index in [9.17, 15) is 9.18 Å². The second-order valence-electron chi connectivity index (χ2n) is 8.92. The number of aromatic amines is 1. The highest BCUT2D eigenvalue weighted by molar-refractivity contribution is 6.01. The van der Waals surface area contributed by atoms with E-state index in [2.05, 4.69) is 10.1 Å². The molecule has 3 heterocycles. The van der Waals surface area contributed by atoms with E-state index in [1.807, 2.05) is 60.5 Å². The van der Waals surface area contributed by atoms with Gasteiger partial charge in [0.1, 0.15) is 17.3 Å². The lowest BCUT2D eigenvalue weighted by Gasteiger charge is -2.31. The van der Waals surface area contributed by atoms with Crippen LogP contribution in [0.15, 0.2) is 66.7 Å². The lowest BCUT2D eigenvalue weighted by atomic mass is 9.95. The maximum Gasteiger partial charge on any atom is 0.253 e. The number of halogens is 1. The van der Waals surface area contributed by atoms with Gasteiger partial charge in [-0.25, -0.2) is 9.37 Å². The summed E-state index contributed by atoms with van der Waals surface area (Å²) in [6, 6.07) is 20.1. The second-order valence-corrected chi connectivity index (χ2v) is 8.92. The van der Waals surface area contributed by atoms with Gasteiger partial charge in [0.05, 0.1) is 16.6 Å². The summed E-state index contributed by atoms with van der Waals surface area (Å²) in [6.45, 7) is 1.39. The molecule has 1 N–H and O–H groups in total. The Morgan fingerprint density at radius 3 is 2.65 bits per heavy atom. The van der Waals surface area contributed by atoms with Gasteiger partial charge in [-0.1, -0.05) is 24.3 Å². The van der Waals surface area contributed by atoms with Gasteiger partial charge in [0.15, 0.2) is 0 Å². The van der Waals surface area contributed by atoms with Crippen LogP contribution in [0.2, 0.25) is 0 Å². The molecule has 7 heteroatoms. The minimum atomic E-state index is -0.297. The average Bonchev–Trinajstić information content (AvgIpc) is 3.45. The number of amides is 1. The van der Waals surface area contributed by atoms with E-state index < -0.39 is 0 Å². The van der Waals surface area contributed by atoms with Gasteiger partial charge in [0.25, 0.3) is 5.91 Å². The highest BCUT2D eigenvalue weighted by atomic mass is 19.1. The van der Waals surface area contributed by atoms with Crippen molar-refractivity contribution in [3.63, 3.8) is 0 Å². The number of carbonyl (C=O) groups is 1. The number of benzene rings is 3. The molecule has 0 aliphatic carbocycles. The Hall–Kier alpha value is -4.00. The fourth-order valence-corrected chi connectivity index (χ4v) is 4.94. The maximum absolute atomic E-state index is 13.7. The van der Waals surface area contributed by atoms with Crippen molar-refractivity contribution in [2.24, 2.45) is 7.05 Å². The molecule has 1 amide bonds. The number of rotatable bonds is 3. The van der Waals surface area contributed by atoms with E-state index in [1.165, 1.54) is 12.1 Å². The third-order valence-corrected chi connectivity index (χ3v) is 6.77. The molecule has 6 nitrogen and oxygen atoms in total. The number of fused-ring (bicyclic) bond motifs is 2. The summed E-state index contributed by atoms with van der Waals surface area (Å²) >= 11 is 0. The third-order valence-electron chi connectivity index (χ3n) is 6.77. The van der Waals surface area contributed by atoms with Gasteiger partial charge < -0.3 is 9.88 Å². The van der Waals surface area contributed by atoms with Gasteiger partial charge in [-0.3, -0.25) is 9.48 Å². The van der Waals surface area contributed by atoms with Crippen molar-refractivity contribution in [3.8, 4) is 11.3 Å². The fourth-order valence-electron chi connectivity index (χ4n) is 4.94. The van der Waals surface area contributed by atoms with Gasteiger partial charge in [0.2, 0.25) is 0 Å². The molecule has 0 spiro atoms. The molecule has 3 aromatic carbocycles. The summed E-state index contributed by atoms with van der Waals surface area (Å²) in [5, 5.41) is 5.49. The van der Waals surface area contributed by atoms with Crippen LogP contribution in [0, 0.1) is 5.82 Å². The van der Waals surface area contributed by atoms with Gasteiger partial charge in [-0.2, -0.15) is 5.10 Å². The molecule has 0 saturated carbocycles. The summed E-state index contributed by atoms with van der Waals surface area (Å²) < 4.78 is 15.5. The van der Waals surface area contributed by atoms with Crippen LogP contribution in [0.5, 0.6) is 0 Å². The third kappa shape index (κ3) is 3.53. The first-order valence-electron chi connectivity index (χ1n) is 11.5. The topological polar surface area (TPSA) is 66.8 Å². The smallest absolute Gasteiger partial charge is 0.253 e. The maximum atomic E-state index is 13.7. The molecular weight excluding hydrogens is 429 g/mol. The van der Waals surface area contributed by atoms with E-state index in [-0.39, 0.29) is 11.7 Å². The molecule has 5 aromatic rings. The number of hydrogen-bond donors (Lipinski definition) is 1. The average molecular weight is 454 g/mol. The van der Waals surface area contributed by atoms with E-state index in [4.69, 9.17) is 4.98 Å². The number of para-hydroxylation sites is 2.